The van der Waals surface area contributed by atoms with Gasteiger partial charge in [-0.2, -0.15) is 0 Å². The van der Waals surface area contributed by atoms with E-state index in [1.54, 1.807) is 11.9 Å². The smallest absolute Gasteiger partial charge is 0.106 e. The van der Waals surface area contributed by atoms with Crippen molar-refractivity contribution in [1.29, 1.82) is 0 Å². The van der Waals surface area contributed by atoms with Gasteiger partial charge in [-0.15, -0.1) is 0 Å². The summed E-state index contributed by atoms with van der Waals surface area (Å²) in [5, 5.41) is 0. The van der Waals surface area contributed by atoms with E-state index in [0.29, 0.717) is 6.17 Å². The molecule has 0 radical (unpaired) electrons. The molecule has 1 rings (SSSR count). The predicted octanol–water partition coefficient (Wildman–Crippen LogP) is 2.66. The van der Waals surface area contributed by atoms with Crippen LogP contribution in [0.4, 0.5) is 0 Å². The summed E-state index contributed by atoms with van der Waals surface area (Å²) >= 11 is 1.54. The van der Waals surface area contributed by atoms with E-state index in [4.69, 9.17) is 0 Å². The molecule has 0 saturated carbocycles. The largest absolute Gasteiger partial charge is 0.266 e. The summed E-state index contributed by atoms with van der Waals surface area (Å²) in [6.45, 7) is 10.0. The molecule has 1 N–H and O–H groups in total. The number of nitrogens with one attached hydrogen (secondary N) is 1. The van der Waals surface area contributed by atoms with Crippen molar-refractivity contribution in [2.75, 3.05) is 0 Å². The van der Waals surface area contributed by atoms with Crippen LogP contribution in [0.2, 0.25) is 0 Å². The average molecular weight is 162 g/mol. The monoisotopic (exact) mass is 162 g/mol. The quantitative estimate of drug-likeness (QED) is 0.554. The van der Waals surface area contributed by atoms with Crippen LogP contribution in [0.1, 0.15) is 34.6 Å². The molecule has 0 aromatic heterocycles. The summed E-state index contributed by atoms with van der Waals surface area (Å²) in [5.74, 6) is 0. The molecule has 1 heterocycles. The molecular weight excluding hydrogens is 144 g/mol. The number of hydrogen-bond acceptors (Lipinski definition) is 3. The van der Waals surface area contributed by atoms with Crippen molar-refractivity contribution < 1.29 is 0 Å². The van der Waals surface area contributed by atoms with Gasteiger partial charge in [0.2, 0.25) is 0 Å². The van der Waals surface area contributed by atoms with Crippen LogP contribution < -0.4 is 4.72 Å². The maximum Gasteiger partial charge on any atom is 0.106 e. The van der Waals surface area contributed by atoms with Crippen molar-refractivity contribution in [2.24, 2.45) is 4.99 Å². The van der Waals surface area contributed by atoms with Gasteiger partial charge in [-0.1, -0.05) is 27.7 Å². The van der Waals surface area contributed by atoms with E-state index in [0.717, 1.165) is 0 Å². The molecule has 1 aliphatic heterocycles. The Morgan fingerprint density at radius 2 is 1.80 bits per heavy atom. The molecule has 62 valence electrons. The van der Waals surface area contributed by atoms with E-state index in [9.17, 15) is 0 Å². The SMILES string of the molecule is CC.CC.CC1N=CSN1. The Hall–Kier alpha value is -0.0200. The Kier molecular flexibility index (Phi) is 14.8. The number of rotatable bonds is 0. The minimum atomic E-state index is 0.329. The first kappa shape index (κ1) is 12.6. The van der Waals surface area contributed by atoms with E-state index in [1.807, 2.05) is 40.2 Å². The van der Waals surface area contributed by atoms with E-state index < -0.39 is 0 Å². The maximum atomic E-state index is 3.96. The summed E-state index contributed by atoms with van der Waals surface area (Å²) < 4.78 is 3.01. The summed E-state index contributed by atoms with van der Waals surface area (Å²) in [4.78, 5) is 3.96. The fraction of sp³-hybridized carbons (Fsp3) is 0.857. The van der Waals surface area contributed by atoms with Gasteiger partial charge in [0, 0.05) is 0 Å². The Balaban J connectivity index is 0. The number of aliphatic imine (C=N–C) groups is 1. The van der Waals surface area contributed by atoms with Gasteiger partial charge in [0.25, 0.3) is 0 Å². The third-order valence-electron chi connectivity index (χ3n) is 0.576. The normalized spacial score (nSPS) is 20.3. The Labute approximate surface area is 68.6 Å². The first-order valence-electron chi connectivity index (χ1n) is 3.82. The number of hydrogen-bond donors (Lipinski definition) is 1. The summed E-state index contributed by atoms with van der Waals surface area (Å²) in [5.41, 5.74) is 1.81. The average Bonchev–Trinajstić information content (AvgIpc) is 2.48. The third kappa shape index (κ3) is 7.98. The Morgan fingerprint density at radius 1 is 1.30 bits per heavy atom. The van der Waals surface area contributed by atoms with E-state index in [1.165, 1.54) is 0 Å². The second-order valence-corrected chi connectivity index (χ2v) is 1.85. The van der Waals surface area contributed by atoms with Crippen molar-refractivity contribution in [3.63, 3.8) is 0 Å². The zero-order chi connectivity index (χ0) is 8.41. The van der Waals surface area contributed by atoms with Gasteiger partial charge in [0.15, 0.2) is 0 Å². The predicted molar refractivity (Wildman–Crippen MR) is 51.4 cm³/mol. The van der Waals surface area contributed by atoms with Crippen LogP contribution in [0.3, 0.4) is 0 Å². The van der Waals surface area contributed by atoms with Crippen LogP contribution >= 0.6 is 11.9 Å². The third-order valence-corrected chi connectivity index (χ3v) is 1.28. The summed E-state index contributed by atoms with van der Waals surface area (Å²) in [6, 6.07) is 0. The van der Waals surface area contributed by atoms with Crippen molar-refractivity contribution >= 4 is 17.5 Å². The second-order valence-electron chi connectivity index (χ2n) is 1.17. The highest BCUT2D eigenvalue weighted by molar-refractivity contribution is 8.10. The van der Waals surface area contributed by atoms with Crippen molar-refractivity contribution in [1.82, 2.24) is 4.72 Å². The van der Waals surface area contributed by atoms with Gasteiger partial charge in [-0.05, 0) is 18.9 Å². The lowest BCUT2D eigenvalue weighted by Gasteiger charge is -1.91. The molecule has 1 aliphatic rings. The molecule has 0 amide bonds. The Bertz CT molecular complexity index is 74.0. The molecule has 1 unspecified atom stereocenters. The van der Waals surface area contributed by atoms with Crippen LogP contribution in [0.5, 0.6) is 0 Å². The van der Waals surface area contributed by atoms with Crippen LogP contribution in [0.15, 0.2) is 4.99 Å². The minimum absolute atomic E-state index is 0.329. The van der Waals surface area contributed by atoms with Crippen LogP contribution in [0.25, 0.3) is 0 Å². The van der Waals surface area contributed by atoms with E-state index in [2.05, 4.69) is 9.71 Å². The molecule has 0 spiro atoms. The first-order chi connectivity index (χ1) is 4.89. The molecule has 10 heavy (non-hydrogen) atoms. The van der Waals surface area contributed by atoms with Crippen LogP contribution in [-0.4, -0.2) is 11.7 Å². The van der Waals surface area contributed by atoms with E-state index in [-0.39, 0.29) is 0 Å². The molecule has 0 aromatic carbocycles. The fourth-order valence-electron chi connectivity index (χ4n) is 0.281. The Morgan fingerprint density at radius 3 is 1.90 bits per heavy atom. The van der Waals surface area contributed by atoms with Crippen molar-refractivity contribution in [2.45, 2.75) is 40.8 Å². The zero-order valence-electron chi connectivity index (χ0n) is 7.51. The maximum absolute atomic E-state index is 3.96. The fourth-order valence-corrected chi connectivity index (χ4v) is 0.843. The molecule has 0 fully saturated rings. The van der Waals surface area contributed by atoms with Gasteiger partial charge >= 0.3 is 0 Å². The highest BCUT2D eigenvalue weighted by Gasteiger charge is 1.98. The standard InChI is InChI=1S/C3H6N2S.2C2H6/c1-3-4-2-6-5-3;2*1-2/h2-3,5H,1H3;2*1-2H3. The van der Waals surface area contributed by atoms with Crippen LogP contribution in [-0.2, 0) is 0 Å². The highest BCUT2D eigenvalue weighted by Crippen LogP contribution is 2.00. The number of nitrogens with zero attached hydrogens (tertiary/aromatic N) is 1. The second kappa shape index (κ2) is 11.7. The zero-order valence-corrected chi connectivity index (χ0v) is 8.33. The molecule has 3 heteroatoms. The molecule has 0 aromatic rings. The topological polar surface area (TPSA) is 24.4 Å². The van der Waals surface area contributed by atoms with Gasteiger partial charge in [-0.3, -0.25) is 4.99 Å². The van der Waals surface area contributed by atoms with Gasteiger partial charge < -0.3 is 0 Å². The minimum Gasteiger partial charge on any atom is -0.266 e. The molecule has 0 aliphatic carbocycles. The molecule has 2 nitrogen and oxygen atoms in total. The molecule has 0 bridgehead atoms. The van der Waals surface area contributed by atoms with Gasteiger partial charge in [0.1, 0.15) is 6.17 Å². The van der Waals surface area contributed by atoms with E-state index >= 15 is 0 Å². The first-order valence-corrected chi connectivity index (χ1v) is 4.70. The van der Waals surface area contributed by atoms with Gasteiger partial charge in [0.05, 0.1) is 5.55 Å². The molecular formula is C7H18N2S. The van der Waals surface area contributed by atoms with Crippen molar-refractivity contribution in [3.05, 3.63) is 0 Å². The molecule has 1 atom stereocenters. The van der Waals surface area contributed by atoms with Gasteiger partial charge in [-0.25, -0.2) is 4.72 Å². The molecule has 0 saturated heterocycles. The van der Waals surface area contributed by atoms with Crippen LogP contribution in [0, 0.1) is 0 Å². The summed E-state index contributed by atoms with van der Waals surface area (Å²) in [7, 11) is 0. The highest BCUT2D eigenvalue weighted by atomic mass is 32.2. The lowest BCUT2D eigenvalue weighted by atomic mass is 10.6. The lowest BCUT2D eigenvalue weighted by Crippen LogP contribution is -2.09. The lowest BCUT2D eigenvalue weighted by molar-refractivity contribution is 0.754. The van der Waals surface area contributed by atoms with Crippen molar-refractivity contribution in [3.8, 4) is 0 Å². The summed E-state index contributed by atoms with van der Waals surface area (Å²) in [6.07, 6.45) is 0.329.